The quantitative estimate of drug-likeness (QED) is 0.850. The normalized spacial score (nSPS) is 17.8. The van der Waals surface area contributed by atoms with Crippen molar-refractivity contribution in [2.45, 2.75) is 26.4 Å². The van der Waals surface area contributed by atoms with Crippen molar-refractivity contribution in [1.29, 1.82) is 0 Å². The molecule has 0 bridgehead atoms. The van der Waals surface area contributed by atoms with Crippen LogP contribution in [0.3, 0.4) is 0 Å². The van der Waals surface area contributed by atoms with Gasteiger partial charge in [0.05, 0.1) is 17.6 Å². The van der Waals surface area contributed by atoms with E-state index in [0.29, 0.717) is 12.6 Å². The average Bonchev–Trinajstić information content (AvgIpc) is 2.39. The fourth-order valence-corrected chi connectivity index (χ4v) is 2.22. The molecule has 1 fully saturated rings. The second kappa shape index (κ2) is 5.47. The van der Waals surface area contributed by atoms with Crippen LogP contribution in [0.2, 0.25) is 0 Å². The molecular formula is C13H22N4. The zero-order valence-corrected chi connectivity index (χ0v) is 10.8. The molecule has 1 aromatic rings. The molecule has 1 aliphatic rings. The van der Waals surface area contributed by atoms with Crippen molar-refractivity contribution in [2.75, 3.05) is 31.1 Å². The summed E-state index contributed by atoms with van der Waals surface area (Å²) < 4.78 is 0. The zero-order chi connectivity index (χ0) is 12.3. The maximum atomic E-state index is 5.55. The number of hydrogen-bond acceptors (Lipinski definition) is 4. The molecule has 0 atom stereocenters. The lowest BCUT2D eigenvalue weighted by Crippen LogP contribution is -2.48. The van der Waals surface area contributed by atoms with Crippen molar-refractivity contribution in [3.05, 3.63) is 24.0 Å². The number of hydrogen-bond donors (Lipinski definition) is 1. The van der Waals surface area contributed by atoms with Gasteiger partial charge < -0.3 is 10.6 Å². The van der Waals surface area contributed by atoms with Gasteiger partial charge in [-0.2, -0.15) is 0 Å². The van der Waals surface area contributed by atoms with Crippen LogP contribution in [0.15, 0.2) is 18.3 Å². The van der Waals surface area contributed by atoms with Gasteiger partial charge in [-0.3, -0.25) is 9.88 Å². The van der Waals surface area contributed by atoms with E-state index in [1.165, 1.54) is 5.69 Å². The first-order valence-electron chi connectivity index (χ1n) is 6.34. The first-order chi connectivity index (χ1) is 8.20. The molecule has 4 heteroatoms. The lowest BCUT2D eigenvalue weighted by molar-refractivity contribution is 0.209. The summed E-state index contributed by atoms with van der Waals surface area (Å²) in [6.07, 6.45) is 1.94. The zero-order valence-electron chi connectivity index (χ0n) is 10.8. The minimum atomic E-state index is 0.515. The summed E-state index contributed by atoms with van der Waals surface area (Å²) in [6.45, 7) is 9.47. The van der Waals surface area contributed by atoms with Crippen LogP contribution >= 0.6 is 0 Å². The van der Waals surface area contributed by atoms with Crippen molar-refractivity contribution in [1.82, 2.24) is 9.88 Å². The molecule has 0 amide bonds. The predicted molar refractivity (Wildman–Crippen MR) is 71.1 cm³/mol. The highest BCUT2D eigenvalue weighted by molar-refractivity contribution is 5.45. The van der Waals surface area contributed by atoms with Gasteiger partial charge in [-0.15, -0.1) is 0 Å². The van der Waals surface area contributed by atoms with Crippen molar-refractivity contribution in [3.8, 4) is 0 Å². The molecule has 2 rings (SSSR count). The van der Waals surface area contributed by atoms with E-state index in [4.69, 9.17) is 5.73 Å². The van der Waals surface area contributed by atoms with Crippen molar-refractivity contribution in [3.63, 3.8) is 0 Å². The van der Waals surface area contributed by atoms with E-state index in [1.54, 1.807) is 0 Å². The number of rotatable bonds is 3. The molecule has 0 aromatic carbocycles. The van der Waals surface area contributed by atoms with Crippen LogP contribution in [0.1, 0.15) is 19.5 Å². The Balaban J connectivity index is 1.95. The van der Waals surface area contributed by atoms with Crippen LogP contribution in [-0.4, -0.2) is 42.1 Å². The van der Waals surface area contributed by atoms with Crippen LogP contribution in [0.5, 0.6) is 0 Å². The first kappa shape index (κ1) is 12.3. The molecule has 94 valence electrons. The molecule has 2 N–H and O–H groups in total. The van der Waals surface area contributed by atoms with Gasteiger partial charge in [-0.25, -0.2) is 0 Å². The molecule has 2 heterocycles. The van der Waals surface area contributed by atoms with Crippen LogP contribution in [-0.2, 0) is 6.54 Å². The van der Waals surface area contributed by atoms with Crippen LogP contribution < -0.4 is 10.6 Å². The number of pyridine rings is 1. The predicted octanol–water partition coefficient (Wildman–Crippen LogP) is 1.07. The highest BCUT2D eigenvalue weighted by Gasteiger charge is 2.18. The first-order valence-corrected chi connectivity index (χ1v) is 6.34. The molecule has 0 unspecified atom stereocenters. The summed E-state index contributed by atoms with van der Waals surface area (Å²) in [6, 6.07) is 4.79. The van der Waals surface area contributed by atoms with Gasteiger partial charge in [0.25, 0.3) is 0 Å². The SMILES string of the molecule is CC(C)N1CCN(c2ccc(CN)nc2)CC1. The van der Waals surface area contributed by atoms with E-state index >= 15 is 0 Å². The summed E-state index contributed by atoms with van der Waals surface area (Å²) in [5.74, 6) is 0. The van der Waals surface area contributed by atoms with Gasteiger partial charge in [0.1, 0.15) is 0 Å². The minimum absolute atomic E-state index is 0.515. The Kier molecular flexibility index (Phi) is 3.97. The van der Waals surface area contributed by atoms with Gasteiger partial charge in [0, 0.05) is 38.8 Å². The van der Waals surface area contributed by atoms with E-state index in [1.807, 2.05) is 12.3 Å². The Labute approximate surface area is 103 Å². The van der Waals surface area contributed by atoms with Gasteiger partial charge in [0.2, 0.25) is 0 Å². The van der Waals surface area contributed by atoms with Crippen molar-refractivity contribution in [2.24, 2.45) is 5.73 Å². The van der Waals surface area contributed by atoms with Crippen molar-refractivity contribution >= 4 is 5.69 Å². The smallest absolute Gasteiger partial charge is 0.0553 e. The van der Waals surface area contributed by atoms with Crippen molar-refractivity contribution < 1.29 is 0 Å². The van der Waals surface area contributed by atoms with Gasteiger partial charge in [-0.05, 0) is 26.0 Å². The molecule has 0 aliphatic carbocycles. The summed E-state index contributed by atoms with van der Waals surface area (Å²) in [4.78, 5) is 9.25. The Morgan fingerprint density at radius 1 is 1.24 bits per heavy atom. The maximum Gasteiger partial charge on any atom is 0.0553 e. The maximum absolute atomic E-state index is 5.55. The second-order valence-corrected chi connectivity index (χ2v) is 4.83. The summed E-state index contributed by atoms with van der Waals surface area (Å²) in [7, 11) is 0. The number of nitrogens with zero attached hydrogens (tertiary/aromatic N) is 3. The fourth-order valence-electron chi connectivity index (χ4n) is 2.22. The molecule has 0 radical (unpaired) electrons. The van der Waals surface area contributed by atoms with E-state index in [2.05, 4.69) is 34.7 Å². The highest BCUT2D eigenvalue weighted by atomic mass is 15.3. The largest absolute Gasteiger partial charge is 0.368 e. The topological polar surface area (TPSA) is 45.4 Å². The molecule has 1 aliphatic heterocycles. The monoisotopic (exact) mass is 234 g/mol. The third-order valence-corrected chi connectivity index (χ3v) is 3.43. The van der Waals surface area contributed by atoms with E-state index in [-0.39, 0.29) is 0 Å². The molecule has 0 saturated carbocycles. The molecule has 0 spiro atoms. The highest BCUT2D eigenvalue weighted by Crippen LogP contribution is 2.16. The molecule has 17 heavy (non-hydrogen) atoms. The van der Waals surface area contributed by atoms with E-state index < -0.39 is 0 Å². The van der Waals surface area contributed by atoms with E-state index in [0.717, 1.165) is 31.9 Å². The number of piperazine rings is 1. The van der Waals surface area contributed by atoms with Gasteiger partial charge in [0.15, 0.2) is 0 Å². The van der Waals surface area contributed by atoms with Gasteiger partial charge >= 0.3 is 0 Å². The van der Waals surface area contributed by atoms with Gasteiger partial charge in [-0.1, -0.05) is 0 Å². The second-order valence-electron chi connectivity index (χ2n) is 4.83. The standard InChI is InChI=1S/C13H22N4/c1-11(2)16-5-7-17(8-6-16)13-4-3-12(9-14)15-10-13/h3-4,10-11H,5-9,14H2,1-2H3. The lowest BCUT2D eigenvalue weighted by atomic mass is 10.2. The summed E-state index contributed by atoms with van der Waals surface area (Å²) in [5.41, 5.74) is 7.71. The Hall–Kier alpha value is -1.13. The Morgan fingerprint density at radius 3 is 2.41 bits per heavy atom. The van der Waals surface area contributed by atoms with Crippen LogP contribution in [0, 0.1) is 0 Å². The summed E-state index contributed by atoms with van der Waals surface area (Å²) in [5, 5.41) is 0. The molecule has 1 aromatic heterocycles. The summed E-state index contributed by atoms with van der Waals surface area (Å²) >= 11 is 0. The fraction of sp³-hybridized carbons (Fsp3) is 0.615. The minimum Gasteiger partial charge on any atom is -0.368 e. The molecule has 4 nitrogen and oxygen atoms in total. The lowest BCUT2D eigenvalue weighted by Gasteiger charge is -2.38. The average molecular weight is 234 g/mol. The Bertz CT molecular complexity index is 339. The number of nitrogens with two attached hydrogens (primary N) is 1. The number of aromatic nitrogens is 1. The number of anilines is 1. The Morgan fingerprint density at radius 2 is 1.94 bits per heavy atom. The third-order valence-electron chi connectivity index (χ3n) is 3.43. The third kappa shape index (κ3) is 2.96. The molecule has 1 saturated heterocycles. The van der Waals surface area contributed by atoms with E-state index in [9.17, 15) is 0 Å². The van der Waals surface area contributed by atoms with Crippen LogP contribution in [0.4, 0.5) is 5.69 Å². The van der Waals surface area contributed by atoms with Crippen LogP contribution in [0.25, 0.3) is 0 Å². The molecular weight excluding hydrogens is 212 g/mol.